The van der Waals surface area contributed by atoms with Crippen molar-refractivity contribution < 1.29 is 13.6 Å². The molecule has 2 aromatic rings. The molecule has 0 amide bonds. The lowest BCUT2D eigenvalue weighted by Gasteiger charge is -2.03. The highest BCUT2D eigenvalue weighted by atomic mass is 79.9. The topological polar surface area (TPSA) is 30.0 Å². The zero-order valence-electron chi connectivity index (χ0n) is 9.57. The van der Waals surface area contributed by atoms with Crippen LogP contribution in [0, 0.1) is 11.6 Å². The number of nitrogens with zero attached hydrogens (tertiary/aromatic N) is 1. The maximum absolute atomic E-state index is 13.4. The summed E-state index contributed by atoms with van der Waals surface area (Å²) in [7, 11) is 0. The Morgan fingerprint density at radius 2 is 2.05 bits per heavy atom. The number of benzene rings is 1. The zero-order valence-corrected chi connectivity index (χ0v) is 12.0. The molecule has 0 saturated heterocycles. The van der Waals surface area contributed by atoms with Gasteiger partial charge in [-0.05, 0) is 46.3 Å². The third kappa shape index (κ3) is 3.84. The van der Waals surface area contributed by atoms with Crippen LogP contribution in [0.15, 0.2) is 46.0 Å². The number of pyridine rings is 1. The molecule has 0 aliphatic rings. The molecule has 98 valence electrons. The van der Waals surface area contributed by atoms with Gasteiger partial charge in [0.1, 0.15) is 11.6 Å². The van der Waals surface area contributed by atoms with Crippen LogP contribution in [-0.4, -0.2) is 16.5 Å². The van der Waals surface area contributed by atoms with E-state index in [4.69, 9.17) is 0 Å². The summed E-state index contributed by atoms with van der Waals surface area (Å²) < 4.78 is 27.2. The summed E-state index contributed by atoms with van der Waals surface area (Å²) in [5, 5.41) is 0.647. The Hall–Kier alpha value is -1.27. The number of carbonyl (C=O) groups excluding carboxylic acids is 1. The number of halogens is 3. The van der Waals surface area contributed by atoms with E-state index < -0.39 is 17.4 Å². The van der Waals surface area contributed by atoms with Gasteiger partial charge in [-0.1, -0.05) is 11.8 Å². The van der Waals surface area contributed by atoms with Gasteiger partial charge in [-0.25, -0.2) is 13.8 Å². The van der Waals surface area contributed by atoms with E-state index in [1.165, 1.54) is 11.8 Å². The third-order valence-corrected chi connectivity index (χ3v) is 3.69. The van der Waals surface area contributed by atoms with Crippen LogP contribution in [0.4, 0.5) is 8.78 Å². The van der Waals surface area contributed by atoms with Gasteiger partial charge in [-0.15, -0.1) is 0 Å². The third-order valence-electron chi connectivity index (χ3n) is 2.28. The Kier molecular flexibility index (Phi) is 4.66. The number of ketones is 1. The number of thioether (sulfide) groups is 1. The molecule has 1 aromatic carbocycles. The number of aromatic nitrogens is 1. The van der Waals surface area contributed by atoms with Gasteiger partial charge in [-0.3, -0.25) is 4.79 Å². The summed E-state index contributed by atoms with van der Waals surface area (Å²) in [6.45, 7) is 0. The van der Waals surface area contributed by atoms with E-state index in [9.17, 15) is 13.6 Å². The van der Waals surface area contributed by atoms with Crippen molar-refractivity contribution in [3.8, 4) is 0 Å². The Morgan fingerprint density at radius 1 is 1.26 bits per heavy atom. The molecule has 1 aromatic heterocycles. The van der Waals surface area contributed by atoms with Gasteiger partial charge in [0.05, 0.1) is 16.3 Å². The van der Waals surface area contributed by atoms with Crippen molar-refractivity contribution in [1.82, 2.24) is 4.98 Å². The fourth-order valence-corrected chi connectivity index (χ4v) is 2.34. The summed E-state index contributed by atoms with van der Waals surface area (Å²) in [4.78, 5) is 15.9. The highest BCUT2D eigenvalue weighted by Gasteiger charge is 2.13. The summed E-state index contributed by atoms with van der Waals surface area (Å²) in [5.41, 5.74) is -0.232. The fraction of sp³-hybridized carbons (Fsp3) is 0.0769. The average molecular weight is 344 g/mol. The van der Waals surface area contributed by atoms with Gasteiger partial charge in [0.2, 0.25) is 0 Å². The van der Waals surface area contributed by atoms with Crippen molar-refractivity contribution in [3.63, 3.8) is 0 Å². The minimum atomic E-state index is -0.712. The van der Waals surface area contributed by atoms with E-state index >= 15 is 0 Å². The molecule has 0 unspecified atom stereocenters. The lowest BCUT2D eigenvalue weighted by molar-refractivity contribution is 0.101. The van der Waals surface area contributed by atoms with Crippen molar-refractivity contribution >= 4 is 33.5 Å². The summed E-state index contributed by atoms with van der Waals surface area (Å²) in [6.07, 6.45) is 1.61. The second-order valence-corrected chi connectivity index (χ2v) is 5.56. The first kappa shape index (κ1) is 14.1. The van der Waals surface area contributed by atoms with Crippen LogP contribution in [0.3, 0.4) is 0 Å². The quantitative estimate of drug-likeness (QED) is 0.618. The lowest BCUT2D eigenvalue weighted by atomic mass is 10.1. The standard InChI is InChI=1S/C13H8BrF2NOS/c14-8-1-4-13(17-6-8)19-7-12(18)10-5-9(15)2-3-11(10)16/h1-6H,7H2. The van der Waals surface area contributed by atoms with E-state index in [0.717, 1.165) is 22.7 Å². The van der Waals surface area contributed by atoms with E-state index in [1.54, 1.807) is 18.3 Å². The monoisotopic (exact) mass is 343 g/mol. The maximum atomic E-state index is 13.4. The first-order chi connectivity index (χ1) is 9.06. The lowest BCUT2D eigenvalue weighted by Crippen LogP contribution is -2.06. The average Bonchev–Trinajstić information content (AvgIpc) is 2.40. The largest absolute Gasteiger partial charge is 0.293 e. The molecule has 0 aliphatic carbocycles. The number of hydrogen-bond donors (Lipinski definition) is 0. The smallest absolute Gasteiger partial charge is 0.176 e. The van der Waals surface area contributed by atoms with E-state index in [-0.39, 0.29) is 11.3 Å². The number of carbonyl (C=O) groups is 1. The molecule has 19 heavy (non-hydrogen) atoms. The summed E-state index contributed by atoms with van der Waals surface area (Å²) in [5.74, 6) is -1.80. The van der Waals surface area contributed by atoms with Crippen LogP contribution in [0.25, 0.3) is 0 Å². The highest BCUT2D eigenvalue weighted by Crippen LogP contribution is 2.20. The van der Waals surface area contributed by atoms with Gasteiger partial charge in [0, 0.05) is 10.7 Å². The molecule has 1 heterocycles. The van der Waals surface area contributed by atoms with Crippen LogP contribution in [0.2, 0.25) is 0 Å². The van der Waals surface area contributed by atoms with E-state index in [1.807, 2.05) is 0 Å². The number of rotatable bonds is 4. The minimum Gasteiger partial charge on any atom is -0.293 e. The first-order valence-electron chi connectivity index (χ1n) is 5.29. The highest BCUT2D eigenvalue weighted by molar-refractivity contribution is 9.10. The van der Waals surface area contributed by atoms with Crippen molar-refractivity contribution in [2.75, 3.05) is 5.75 Å². The molecular formula is C13H8BrF2NOS. The van der Waals surface area contributed by atoms with Crippen molar-refractivity contribution in [3.05, 3.63) is 58.2 Å². The molecule has 0 bridgehead atoms. The second-order valence-electron chi connectivity index (χ2n) is 3.65. The normalized spacial score (nSPS) is 10.5. The van der Waals surface area contributed by atoms with Crippen LogP contribution < -0.4 is 0 Å². The Balaban J connectivity index is 2.05. The van der Waals surface area contributed by atoms with Crippen molar-refractivity contribution in [2.24, 2.45) is 0 Å². The number of hydrogen-bond acceptors (Lipinski definition) is 3. The molecule has 2 nitrogen and oxygen atoms in total. The van der Waals surface area contributed by atoms with Crippen LogP contribution in [0.5, 0.6) is 0 Å². The van der Waals surface area contributed by atoms with E-state index in [2.05, 4.69) is 20.9 Å². The Morgan fingerprint density at radius 3 is 2.74 bits per heavy atom. The van der Waals surface area contributed by atoms with Gasteiger partial charge in [0.15, 0.2) is 5.78 Å². The Labute approximate surface area is 121 Å². The van der Waals surface area contributed by atoms with E-state index in [0.29, 0.717) is 5.03 Å². The SMILES string of the molecule is O=C(CSc1ccc(Br)cn1)c1cc(F)ccc1F. The van der Waals surface area contributed by atoms with Crippen LogP contribution in [0.1, 0.15) is 10.4 Å². The molecule has 0 saturated carbocycles. The molecule has 0 aliphatic heterocycles. The van der Waals surface area contributed by atoms with Crippen molar-refractivity contribution in [2.45, 2.75) is 5.03 Å². The van der Waals surface area contributed by atoms with Gasteiger partial charge in [-0.2, -0.15) is 0 Å². The fourth-order valence-electron chi connectivity index (χ4n) is 1.38. The minimum absolute atomic E-state index is 0.00893. The van der Waals surface area contributed by atoms with Crippen molar-refractivity contribution in [1.29, 1.82) is 0 Å². The maximum Gasteiger partial charge on any atom is 0.176 e. The summed E-state index contributed by atoms with van der Waals surface area (Å²) >= 11 is 4.43. The first-order valence-corrected chi connectivity index (χ1v) is 7.07. The molecule has 2 rings (SSSR count). The second kappa shape index (κ2) is 6.25. The number of Topliss-reactive ketones (excluding diaryl/α,β-unsaturated/α-hetero) is 1. The molecule has 0 fully saturated rings. The Bertz CT molecular complexity index is 604. The molecular weight excluding hydrogens is 336 g/mol. The van der Waals surface area contributed by atoms with Crippen LogP contribution >= 0.6 is 27.7 Å². The molecule has 0 atom stereocenters. The van der Waals surface area contributed by atoms with Gasteiger partial charge in [0.25, 0.3) is 0 Å². The van der Waals surface area contributed by atoms with Gasteiger partial charge < -0.3 is 0 Å². The molecule has 0 spiro atoms. The predicted molar refractivity (Wildman–Crippen MR) is 73.3 cm³/mol. The molecule has 0 N–H and O–H groups in total. The van der Waals surface area contributed by atoms with Crippen LogP contribution in [-0.2, 0) is 0 Å². The van der Waals surface area contributed by atoms with Gasteiger partial charge >= 0.3 is 0 Å². The molecule has 0 radical (unpaired) electrons. The summed E-state index contributed by atoms with van der Waals surface area (Å²) in [6, 6.07) is 6.38. The molecule has 6 heteroatoms. The predicted octanol–water partition coefficient (Wildman–Crippen LogP) is 4.10. The zero-order chi connectivity index (χ0) is 13.8.